The van der Waals surface area contributed by atoms with Crippen molar-refractivity contribution in [2.45, 2.75) is 18.3 Å². The van der Waals surface area contributed by atoms with Gasteiger partial charge in [-0.05, 0) is 142 Å². The molecule has 0 heterocycles. The third-order valence-electron chi connectivity index (χ3n) is 9.70. The molecule has 0 saturated heterocycles. The number of rotatable bonds is 0. The van der Waals surface area contributed by atoms with E-state index in [9.17, 15) is 0 Å². The summed E-state index contributed by atoms with van der Waals surface area (Å²) in [6.45, 7) is 0. The third-order valence-corrected chi connectivity index (χ3v) is 9.70. The first-order valence-electron chi connectivity index (χ1n) is 14.1. The van der Waals surface area contributed by atoms with Crippen molar-refractivity contribution in [2.75, 3.05) is 0 Å². The maximum atomic E-state index is 2.50. The number of hydrogen-bond acceptors (Lipinski definition) is 0. The van der Waals surface area contributed by atoms with Crippen molar-refractivity contribution in [3.05, 3.63) is 144 Å². The molecule has 0 aliphatic heterocycles. The number of benzene rings is 8. The maximum absolute atomic E-state index is 2.50. The van der Waals surface area contributed by atoms with E-state index in [2.05, 4.69) is 121 Å². The lowest BCUT2D eigenvalue weighted by atomic mass is 9.83. The highest BCUT2D eigenvalue weighted by atomic mass is 14.4. The average Bonchev–Trinajstić information content (AvgIpc) is 3.51. The van der Waals surface area contributed by atoms with Gasteiger partial charge in [0.25, 0.3) is 0 Å². The standard InChI is InChI=1S/C39H24/c1-2-6-23-10-27-14-31-18-35-34(17-30(31)13-26(27)9-22(23)5-1)38-21-39(35)37-20-33-16-29-12-25-8-4-3-7-24(25)11-28(29)15-32(33)19-36(37)38/h1-20,38-39H,21H2. The summed E-state index contributed by atoms with van der Waals surface area (Å²) in [4.78, 5) is 0. The van der Waals surface area contributed by atoms with Crippen LogP contribution in [0.5, 0.6) is 0 Å². The highest BCUT2D eigenvalue weighted by Crippen LogP contribution is 2.58. The van der Waals surface area contributed by atoms with E-state index in [1.165, 1.54) is 71.1 Å². The van der Waals surface area contributed by atoms with Crippen LogP contribution in [0.15, 0.2) is 121 Å². The van der Waals surface area contributed by atoms with Crippen LogP contribution in [0.3, 0.4) is 0 Å². The molecule has 0 amide bonds. The van der Waals surface area contributed by atoms with Crippen LogP contribution in [0.1, 0.15) is 40.5 Å². The van der Waals surface area contributed by atoms with Gasteiger partial charge in [0.15, 0.2) is 0 Å². The highest BCUT2D eigenvalue weighted by molar-refractivity contribution is 6.07. The molecule has 2 bridgehead atoms. The fraction of sp³-hybridized carbons (Fsp3) is 0.0769. The Bertz CT molecular complexity index is 2040. The first-order valence-corrected chi connectivity index (χ1v) is 14.1. The van der Waals surface area contributed by atoms with Gasteiger partial charge in [-0.15, -0.1) is 0 Å². The van der Waals surface area contributed by atoms with E-state index in [-0.39, 0.29) is 0 Å². The molecule has 8 aromatic carbocycles. The van der Waals surface area contributed by atoms with Crippen molar-refractivity contribution in [2.24, 2.45) is 0 Å². The molecule has 0 spiro atoms. The van der Waals surface area contributed by atoms with Crippen LogP contribution in [-0.4, -0.2) is 0 Å². The van der Waals surface area contributed by atoms with Crippen LogP contribution in [0.25, 0.3) is 64.6 Å². The molecule has 2 aliphatic carbocycles. The zero-order valence-electron chi connectivity index (χ0n) is 21.4. The van der Waals surface area contributed by atoms with E-state index < -0.39 is 0 Å². The zero-order valence-corrected chi connectivity index (χ0v) is 21.4. The molecule has 2 aliphatic rings. The normalized spacial score (nSPS) is 17.6. The smallest absolute Gasteiger partial charge is 0.0105 e. The second-order valence-electron chi connectivity index (χ2n) is 11.8. The van der Waals surface area contributed by atoms with Gasteiger partial charge < -0.3 is 0 Å². The van der Waals surface area contributed by atoms with Gasteiger partial charge in [0.2, 0.25) is 0 Å². The lowest BCUT2D eigenvalue weighted by molar-refractivity contribution is 0.796. The summed E-state index contributed by atoms with van der Waals surface area (Å²) in [5, 5.41) is 16.0. The molecule has 10 rings (SSSR count). The average molecular weight is 493 g/mol. The van der Waals surface area contributed by atoms with E-state index in [0.717, 1.165) is 0 Å². The molecule has 0 saturated carbocycles. The number of hydrogen-bond donors (Lipinski definition) is 0. The summed E-state index contributed by atoms with van der Waals surface area (Å²) in [5.74, 6) is 1.02. The van der Waals surface area contributed by atoms with Gasteiger partial charge in [-0.1, -0.05) is 72.8 Å². The SMILES string of the molecule is c1ccc2cc3cc4cc5c(cc4cc3cc2c1)C1CC5c2cc3cc4cc5ccccc5cc4cc3cc21. The summed E-state index contributed by atoms with van der Waals surface area (Å²) in [6, 6.07) is 46.4. The van der Waals surface area contributed by atoms with Crippen molar-refractivity contribution >= 4 is 64.6 Å². The molecule has 8 aromatic rings. The minimum absolute atomic E-state index is 0.508. The molecule has 0 radical (unpaired) electrons. The van der Waals surface area contributed by atoms with Crippen LogP contribution in [-0.2, 0) is 0 Å². The Morgan fingerprint density at radius 3 is 0.795 bits per heavy atom. The number of fused-ring (bicyclic) bond motifs is 14. The van der Waals surface area contributed by atoms with Crippen LogP contribution in [0, 0.1) is 0 Å². The van der Waals surface area contributed by atoms with Crippen molar-refractivity contribution in [3.63, 3.8) is 0 Å². The highest BCUT2D eigenvalue weighted by Gasteiger charge is 2.41. The second kappa shape index (κ2) is 7.04. The summed E-state index contributed by atoms with van der Waals surface area (Å²) >= 11 is 0. The summed E-state index contributed by atoms with van der Waals surface area (Å²) in [5.41, 5.74) is 6.19. The predicted molar refractivity (Wildman–Crippen MR) is 166 cm³/mol. The minimum Gasteiger partial charge on any atom is -0.0616 e. The van der Waals surface area contributed by atoms with Gasteiger partial charge in [-0.25, -0.2) is 0 Å². The van der Waals surface area contributed by atoms with Crippen molar-refractivity contribution in [3.8, 4) is 0 Å². The molecular formula is C39H24. The monoisotopic (exact) mass is 492 g/mol. The first-order chi connectivity index (χ1) is 19.2. The summed E-state index contributed by atoms with van der Waals surface area (Å²) in [7, 11) is 0. The first kappa shape index (κ1) is 20.3. The minimum atomic E-state index is 0.508. The van der Waals surface area contributed by atoms with E-state index in [1.54, 1.807) is 22.3 Å². The van der Waals surface area contributed by atoms with E-state index in [4.69, 9.17) is 0 Å². The Hall–Kier alpha value is -4.68. The summed E-state index contributed by atoms with van der Waals surface area (Å²) < 4.78 is 0. The molecular weight excluding hydrogens is 468 g/mol. The van der Waals surface area contributed by atoms with Crippen LogP contribution in [0.2, 0.25) is 0 Å². The quantitative estimate of drug-likeness (QED) is 0.185. The lowest BCUT2D eigenvalue weighted by Gasteiger charge is -2.21. The second-order valence-corrected chi connectivity index (χ2v) is 11.8. The Balaban J connectivity index is 1.16. The van der Waals surface area contributed by atoms with Crippen LogP contribution < -0.4 is 0 Å². The predicted octanol–water partition coefficient (Wildman–Crippen LogP) is 10.6. The van der Waals surface area contributed by atoms with Crippen LogP contribution in [0.4, 0.5) is 0 Å². The zero-order chi connectivity index (χ0) is 25.2. The van der Waals surface area contributed by atoms with Gasteiger partial charge in [0.1, 0.15) is 0 Å². The molecule has 0 aromatic heterocycles. The molecule has 39 heavy (non-hydrogen) atoms. The Morgan fingerprint density at radius 1 is 0.282 bits per heavy atom. The Labute approximate surface area is 226 Å². The molecule has 0 unspecified atom stereocenters. The third kappa shape index (κ3) is 2.73. The summed E-state index contributed by atoms with van der Waals surface area (Å²) in [6.07, 6.45) is 1.21. The Morgan fingerprint density at radius 2 is 0.513 bits per heavy atom. The van der Waals surface area contributed by atoms with E-state index in [0.29, 0.717) is 11.8 Å². The van der Waals surface area contributed by atoms with Gasteiger partial charge >= 0.3 is 0 Å². The molecule has 0 fully saturated rings. The molecule has 0 nitrogen and oxygen atoms in total. The maximum Gasteiger partial charge on any atom is 0.0105 e. The van der Waals surface area contributed by atoms with E-state index in [1.807, 2.05) is 0 Å². The molecule has 0 heteroatoms. The largest absolute Gasteiger partial charge is 0.0616 e. The van der Waals surface area contributed by atoms with Crippen molar-refractivity contribution in [1.82, 2.24) is 0 Å². The van der Waals surface area contributed by atoms with Gasteiger partial charge in [-0.3, -0.25) is 0 Å². The van der Waals surface area contributed by atoms with Crippen molar-refractivity contribution in [1.29, 1.82) is 0 Å². The molecule has 180 valence electrons. The fourth-order valence-corrected chi connectivity index (χ4v) is 7.84. The van der Waals surface area contributed by atoms with Gasteiger partial charge in [0, 0.05) is 11.8 Å². The fourth-order valence-electron chi connectivity index (χ4n) is 7.84. The topological polar surface area (TPSA) is 0 Å². The molecule has 0 atom stereocenters. The van der Waals surface area contributed by atoms with Gasteiger partial charge in [0.05, 0.1) is 0 Å². The van der Waals surface area contributed by atoms with Crippen molar-refractivity contribution < 1.29 is 0 Å². The van der Waals surface area contributed by atoms with Gasteiger partial charge in [-0.2, -0.15) is 0 Å². The lowest BCUT2D eigenvalue weighted by Crippen LogP contribution is -2.03. The van der Waals surface area contributed by atoms with E-state index >= 15 is 0 Å². The molecule has 0 N–H and O–H groups in total. The Kier molecular flexibility index (Phi) is 3.66. The van der Waals surface area contributed by atoms with Crippen LogP contribution >= 0.6 is 0 Å².